The van der Waals surface area contributed by atoms with Gasteiger partial charge in [-0.15, -0.1) is 16.9 Å². The maximum absolute atomic E-state index is 12.8. The quantitative estimate of drug-likeness (QED) is 0.641. The van der Waals surface area contributed by atoms with Gasteiger partial charge < -0.3 is 4.42 Å². The van der Waals surface area contributed by atoms with Crippen LogP contribution in [0.25, 0.3) is 11.5 Å². The van der Waals surface area contributed by atoms with Crippen molar-refractivity contribution in [2.45, 2.75) is 25.2 Å². The fourth-order valence-corrected chi connectivity index (χ4v) is 3.09. The van der Waals surface area contributed by atoms with Gasteiger partial charge in [0.1, 0.15) is 5.82 Å². The van der Waals surface area contributed by atoms with E-state index < -0.39 is 0 Å². The molecular weight excluding hydrogens is 353 g/mol. The van der Waals surface area contributed by atoms with Gasteiger partial charge in [0.2, 0.25) is 11.8 Å². The van der Waals surface area contributed by atoms with Crippen LogP contribution in [0.4, 0.5) is 10.4 Å². The Kier molecular flexibility index (Phi) is 5.68. The Morgan fingerprint density at radius 2 is 1.88 bits per heavy atom. The minimum absolute atomic E-state index is 0.0787. The van der Waals surface area contributed by atoms with Crippen molar-refractivity contribution in [3.05, 3.63) is 59.4 Å². The Morgan fingerprint density at radius 3 is 2.62 bits per heavy atom. The number of amides is 1. The summed E-state index contributed by atoms with van der Waals surface area (Å²) >= 11 is 1.48. The van der Waals surface area contributed by atoms with Crippen molar-refractivity contribution in [3.63, 3.8) is 0 Å². The van der Waals surface area contributed by atoms with Crippen LogP contribution in [0.15, 0.2) is 51.8 Å². The van der Waals surface area contributed by atoms with Crippen molar-refractivity contribution in [2.24, 2.45) is 0 Å². The first-order valence-corrected chi connectivity index (χ1v) is 9.09. The van der Waals surface area contributed by atoms with E-state index in [1.807, 2.05) is 32.0 Å². The van der Waals surface area contributed by atoms with Crippen LogP contribution in [0.1, 0.15) is 17.5 Å². The molecule has 0 saturated heterocycles. The predicted molar refractivity (Wildman–Crippen MR) is 99.6 cm³/mol. The number of nitrogens with one attached hydrogen (secondary N) is 1. The van der Waals surface area contributed by atoms with Gasteiger partial charge in [-0.2, -0.15) is 0 Å². The summed E-state index contributed by atoms with van der Waals surface area (Å²) in [6.45, 7) is 4.04. The lowest BCUT2D eigenvalue weighted by molar-refractivity contribution is -0.115. The minimum atomic E-state index is -0.275. The highest BCUT2D eigenvalue weighted by molar-refractivity contribution is 7.99. The van der Waals surface area contributed by atoms with Crippen molar-refractivity contribution < 1.29 is 13.6 Å². The number of benzene rings is 2. The predicted octanol–water partition coefficient (Wildman–Crippen LogP) is 4.61. The first-order valence-electron chi connectivity index (χ1n) is 8.10. The fraction of sp³-hybridized carbons (Fsp3) is 0.211. The third-order valence-corrected chi connectivity index (χ3v) is 4.85. The molecule has 26 heavy (non-hydrogen) atoms. The summed E-state index contributed by atoms with van der Waals surface area (Å²) in [5.74, 6) is 0.442. The zero-order chi connectivity index (χ0) is 18.5. The summed E-state index contributed by atoms with van der Waals surface area (Å²) in [7, 11) is 0. The largest absolute Gasteiger partial charge is 0.403 e. The van der Waals surface area contributed by atoms with E-state index in [2.05, 4.69) is 15.5 Å². The van der Waals surface area contributed by atoms with Gasteiger partial charge in [-0.25, -0.2) is 4.39 Å². The monoisotopic (exact) mass is 371 g/mol. The second kappa shape index (κ2) is 8.14. The number of nitrogens with zero attached hydrogens (tertiary/aromatic N) is 2. The molecule has 0 saturated carbocycles. The molecule has 7 heteroatoms. The highest BCUT2D eigenvalue weighted by Gasteiger charge is 2.12. The van der Waals surface area contributed by atoms with Crippen LogP contribution in [-0.2, 0) is 4.79 Å². The number of thioether (sulfide) groups is 1. The van der Waals surface area contributed by atoms with E-state index in [1.54, 1.807) is 12.1 Å². The number of aromatic nitrogens is 2. The van der Waals surface area contributed by atoms with Crippen molar-refractivity contribution in [1.29, 1.82) is 0 Å². The molecule has 1 amide bonds. The van der Waals surface area contributed by atoms with E-state index in [0.29, 0.717) is 11.6 Å². The Balaban J connectivity index is 1.52. The number of aryl methyl sites for hydroxylation is 2. The lowest BCUT2D eigenvalue weighted by Gasteiger charge is -2.02. The van der Waals surface area contributed by atoms with Gasteiger partial charge in [0.05, 0.1) is 0 Å². The smallest absolute Gasteiger partial charge is 0.322 e. The SMILES string of the molecule is Cc1ccc(-c2nnc(NC(=O)CCSc3ccc(F)cc3)o2)cc1C. The summed E-state index contributed by atoms with van der Waals surface area (Å²) in [5, 5.41) is 10.4. The lowest BCUT2D eigenvalue weighted by Crippen LogP contribution is -2.12. The molecule has 0 aliphatic carbocycles. The first-order chi connectivity index (χ1) is 12.5. The van der Waals surface area contributed by atoms with Gasteiger partial charge in [-0.05, 0) is 61.4 Å². The maximum atomic E-state index is 12.8. The molecule has 5 nitrogen and oxygen atoms in total. The van der Waals surface area contributed by atoms with Crippen molar-refractivity contribution >= 4 is 23.7 Å². The standard InChI is InChI=1S/C19H18FN3O2S/c1-12-3-4-14(11-13(12)2)18-22-23-19(25-18)21-17(24)9-10-26-16-7-5-15(20)6-8-16/h3-8,11H,9-10H2,1-2H3,(H,21,23,24). The number of halogens is 1. The van der Waals surface area contributed by atoms with Gasteiger partial charge in [-0.3, -0.25) is 10.1 Å². The number of hydrogen-bond donors (Lipinski definition) is 1. The number of carbonyl (C=O) groups is 1. The van der Waals surface area contributed by atoms with Crippen LogP contribution in [0.3, 0.4) is 0 Å². The average Bonchev–Trinajstić information content (AvgIpc) is 3.07. The molecule has 1 N–H and O–H groups in total. The summed E-state index contributed by atoms with van der Waals surface area (Å²) in [6, 6.07) is 12.1. The molecule has 3 rings (SSSR count). The van der Waals surface area contributed by atoms with E-state index in [-0.39, 0.29) is 24.2 Å². The van der Waals surface area contributed by atoms with Crippen LogP contribution in [0, 0.1) is 19.7 Å². The maximum Gasteiger partial charge on any atom is 0.322 e. The van der Waals surface area contributed by atoms with Crippen LogP contribution < -0.4 is 5.32 Å². The third-order valence-electron chi connectivity index (χ3n) is 3.84. The molecule has 1 heterocycles. The molecular formula is C19H18FN3O2S. The zero-order valence-electron chi connectivity index (χ0n) is 14.5. The van der Waals surface area contributed by atoms with E-state index in [9.17, 15) is 9.18 Å². The van der Waals surface area contributed by atoms with E-state index >= 15 is 0 Å². The van der Waals surface area contributed by atoms with E-state index in [0.717, 1.165) is 16.0 Å². The first kappa shape index (κ1) is 18.1. The number of anilines is 1. The molecule has 134 valence electrons. The molecule has 0 unspecified atom stereocenters. The van der Waals surface area contributed by atoms with Crippen LogP contribution in [-0.4, -0.2) is 21.9 Å². The minimum Gasteiger partial charge on any atom is -0.403 e. The van der Waals surface area contributed by atoms with Gasteiger partial charge >= 0.3 is 6.01 Å². The molecule has 0 aliphatic heterocycles. The Morgan fingerprint density at radius 1 is 1.12 bits per heavy atom. The molecule has 0 aliphatic rings. The average molecular weight is 371 g/mol. The molecule has 1 aromatic heterocycles. The molecule has 0 atom stereocenters. The highest BCUT2D eigenvalue weighted by atomic mass is 32.2. The normalized spacial score (nSPS) is 10.7. The Hall–Kier alpha value is -2.67. The molecule has 0 bridgehead atoms. The Labute approximate surface area is 155 Å². The van der Waals surface area contributed by atoms with Crippen LogP contribution in [0.5, 0.6) is 0 Å². The second-order valence-electron chi connectivity index (χ2n) is 5.81. The fourth-order valence-electron chi connectivity index (χ4n) is 2.24. The van der Waals surface area contributed by atoms with Gasteiger partial charge in [0.25, 0.3) is 0 Å². The topological polar surface area (TPSA) is 68.0 Å². The number of carbonyl (C=O) groups excluding carboxylic acids is 1. The van der Waals surface area contributed by atoms with Gasteiger partial charge in [0.15, 0.2) is 0 Å². The van der Waals surface area contributed by atoms with Gasteiger partial charge in [0, 0.05) is 22.6 Å². The van der Waals surface area contributed by atoms with Crippen molar-refractivity contribution in [1.82, 2.24) is 10.2 Å². The summed E-state index contributed by atoms with van der Waals surface area (Å²) in [5.41, 5.74) is 3.12. The second-order valence-corrected chi connectivity index (χ2v) is 6.98. The molecule has 2 aromatic carbocycles. The van der Waals surface area contributed by atoms with Gasteiger partial charge in [-0.1, -0.05) is 11.2 Å². The summed E-state index contributed by atoms with van der Waals surface area (Å²) in [6.07, 6.45) is 0.281. The lowest BCUT2D eigenvalue weighted by atomic mass is 10.1. The molecule has 0 radical (unpaired) electrons. The number of rotatable bonds is 6. The Bertz CT molecular complexity index is 909. The van der Waals surface area contributed by atoms with Crippen molar-refractivity contribution in [3.8, 4) is 11.5 Å². The van der Waals surface area contributed by atoms with Crippen LogP contribution >= 0.6 is 11.8 Å². The molecule has 0 fully saturated rings. The molecule has 3 aromatic rings. The highest BCUT2D eigenvalue weighted by Crippen LogP contribution is 2.23. The summed E-state index contributed by atoms with van der Waals surface area (Å²) < 4.78 is 18.4. The summed E-state index contributed by atoms with van der Waals surface area (Å²) in [4.78, 5) is 12.9. The number of hydrogen-bond acceptors (Lipinski definition) is 5. The van der Waals surface area contributed by atoms with E-state index in [1.165, 1.54) is 29.5 Å². The van der Waals surface area contributed by atoms with Crippen LogP contribution in [0.2, 0.25) is 0 Å². The zero-order valence-corrected chi connectivity index (χ0v) is 15.3. The molecule has 0 spiro atoms. The van der Waals surface area contributed by atoms with E-state index in [4.69, 9.17) is 4.42 Å². The third kappa shape index (κ3) is 4.70. The van der Waals surface area contributed by atoms with Crippen molar-refractivity contribution in [2.75, 3.05) is 11.1 Å².